The van der Waals surface area contributed by atoms with Gasteiger partial charge in [0, 0.05) is 55.8 Å². The molecule has 1 aromatic carbocycles. The van der Waals surface area contributed by atoms with E-state index in [9.17, 15) is 0 Å². The maximum atomic E-state index is 7.83. The standard InChI is InChI=1S/C19H25N5/c1-14(20)18-11-17(12-22-19(18)21)16-5-3-4-15(10-16)13-24-8-6-23(2)7-9-24/h3-5,10-12,20H,6-9,13H2,1-2H3,(H2,21,22). The van der Waals surface area contributed by atoms with E-state index < -0.39 is 0 Å². The topological polar surface area (TPSA) is 69.2 Å². The molecule has 0 atom stereocenters. The highest BCUT2D eigenvalue weighted by Gasteiger charge is 2.14. The van der Waals surface area contributed by atoms with E-state index in [0.29, 0.717) is 17.1 Å². The average molecular weight is 323 g/mol. The van der Waals surface area contributed by atoms with Crippen LogP contribution in [0.15, 0.2) is 36.5 Å². The fourth-order valence-electron chi connectivity index (χ4n) is 3.05. The van der Waals surface area contributed by atoms with Crippen molar-refractivity contribution in [3.63, 3.8) is 0 Å². The average Bonchev–Trinajstić information content (AvgIpc) is 2.57. The second-order valence-electron chi connectivity index (χ2n) is 6.56. The molecule has 2 heterocycles. The monoisotopic (exact) mass is 323 g/mol. The maximum absolute atomic E-state index is 7.83. The lowest BCUT2D eigenvalue weighted by Gasteiger charge is -2.32. The first-order chi connectivity index (χ1) is 11.5. The van der Waals surface area contributed by atoms with Crippen molar-refractivity contribution >= 4 is 11.5 Å². The summed E-state index contributed by atoms with van der Waals surface area (Å²) in [5, 5.41) is 7.83. The highest BCUT2D eigenvalue weighted by Crippen LogP contribution is 2.24. The lowest BCUT2D eigenvalue weighted by atomic mass is 10.0. The highest BCUT2D eigenvalue weighted by atomic mass is 15.2. The Hall–Kier alpha value is -2.24. The SMILES string of the molecule is CC(=N)c1cc(-c2cccc(CN3CCN(C)CC3)c2)cnc1N. The molecule has 0 spiro atoms. The zero-order chi connectivity index (χ0) is 17.1. The number of likely N-dealkylation sites (N-methyl/N-ethyl adjacent to an activating group) is 1. The van der Waals surface area contributed by atoms with E-state index in [1.165, 1.54) is 5.56 Å². The van der Waals surface area contributed by atoms with Crippen LogP contribution in [-0.4, -0.2) is 53.7 Å². The first kappa shape index (κ1) is 16.6. The van der Waals surface area contributed by atoms with Gasteiger partial charge in [-0.1, -0.05) is 18.2 Å². The van der Waals surface area contributed by atoms with Gasteiger partial charge in [0.25, 0.3) is 0 Å². The summed E-state index contributed by atoms with van der Waals surface area (Å²) in [4.78, 5) is 9.11. The van der Waals surface area contributed by atoms with Gasteiger partial charge >= 0.3 is 0 Å². The molecule has 0 radical (unpaired) electrons. The van der Waals surface area contributed by atoms with Crippen molar-refractivity contribution in [1.29, 1.82) is 5.41 Å². The minimum absolute atomic E-state index is 0.417. The summed E-state index contributed by atoms with van der Waals surface area (Å²) in [6.45, 7) is 7.19. The number of pyridine rings is 1. The molecule has 3 N–H and O–H groups in total. The number of benzene rings is 1. The Morgan fingerprint density at radius 2 is 1.92 bits per heavy atom. The van der Waals surface area contributed by atoms with Gasteiger partial charge in [0.1, 0.15) is 5.82 Å². The fourth-order valence-corrected chi connectivity index (χ4v) is 3.05. The molecule has 0 saturated carbocycles. The number of hydrogen-bond donors (Lipinski definition) is 2. The zero-order valence-corrected chi connectivity index (χ0v) is 14.4. The van der Waals surface area contributed by atoms with E-state index in [4.69, 9.17) is 11.1 Å². The normalized spacial score (nSPS) is 16.2. The van der Waals surface area contributed by atoms with Crippen LogP contribution in [0.3, 0.4) is 0 Å². The largest absolute Gasteiger partial charge is 0.383 e. The Balaban J connectivity index is 1.80. The molecule has 3 rings (SSSR count). The van der Waals surface area contributed by atoms with E-state index in [1.807, 2.05) is 6.07 Å². The van der Waals surface area contributed by atoms with Crippen molar-refractivity contribution in [3.8, 4) is 11.1 Å². The molecule has 2 aromatic rings. The summed E-state index contributed by atoms with van der Waals surface area (Å²) < 4.78 is 0. The van der Waals surface area contributed by atoms with Crippen molar-refractivity contribution in [2.75, 3.05) is 39.0 Å². The van der Waals surface area contributed by atoms with Crippen molar-refractivity contribution in [2.45, 2.75) is 13.5 Å². The van der Waals surface area contributed by atoms with Gasteiger partial charge in [-0.05, 0) is 37.2 Å². The Labute approximate surface area is 143 Å². The number of nitrogens with two attached hydrogens (primary N) is 1. The van der Waals surface area contributed by atoms with Gasteiger partial charge < -0.3 is 16.0 Å². The minimum atomic E-state index is 0.417. The van der Waals surface area contributed by atoms with Crippen LogP contribution in [0, 0.1) is 5.41 Å². The summed E-state index contributed by atoms with van der Waals surface area (Å²) in [6, 6.07) is 10.5. The molecule has 1 aliphatic rings. The van der Waals surface area contributed by atoms with E-state index in [2.05, 4.69) is 46.1 Å². The first-order valence-corrected chi connectivity index (χ1v) is 8.34. The van der Waals surface area contributed by atoms with Crippen LogP contribution in [0.4, 0.5) is 5.82 Å². The summed E-state index contributed by atoms with van der Waals surface area (Å²) in [5.41, 5.74) is 10.5. The molecule has 126 valence electrons. The van der Waals surface area contributed by atoms with Gasteiger partial charge in [-0.15, -0.1) is 0 Å². The predicted octanol–water partition coefficient (Wildman–Crippen LogP) is 2.47. The van der Waals surface area contributed by atoms with Crippen LogP contribution >= 0.6 is 0 Å². The van der Waals surface area contributed by atoms with Crippen molar-refractivity contribution in [2.24, 2.45) is 0 Å². The molecular formula is C19H25N5. The molecule has 0 amide bonds. The smallest absolute Gasteiger partial charge is 0.132 e. The van der Waals surface area contributed by atoms with Crippen LogP contribution in [-0.2, 0) is 6.54 Å². The first-order valence-electron chi connectivity index (χ1n) is 8.34. The van der Waals surface area contributed by atoms with Crippen LogP contribution in [0.5, 0.6) is 0 Å². The number of nitrogens with one attached hydrogen (secondary N) is 1. The van der Waals surface area contributed by atoms with Crippen molar-refractivity contribution < 1.29 is 0 Å². The number of piperazine rings is 1. The van der Waals surface area contributed by atoms with E-state index >= 15 is 0 Å². The fraction of sp³-hybridized carbons (Fsp3) is 0.368. The van der Waals surface area contributed by atoms with Gasteiger partial charge in [-0.25, -0.2) is 4.98 Å². The molecule has 1 saturated heterocycles. The minimum Gasteiger partial charge on any atom is -0.383 e. The van der Waals surface area contributed by atoms with Crippen molar-refractivity contribution in [1.82, 2.24) is 14.8 Å². The molecule has 5 heteroatoms. The quantitative estimate of drug-likeness (QED) is 0.848. The Morgan fingerprint density at radius 3 is 2.62 bits per heavy atom. The van der Waals surface area contributed by atoms with Crippen LogP contribution in [0.25, 0.3) is 11.1 Å². The number of rotatable bonds is 4. The summed E-state index contributed by atoms with van der Waals surface area (Å²) in [6.07, 6.45) is 1.79. The Bertz CT molecular complexity index is 732. The van der Waals surface area contributed by atoms with Crippen LogP contribution in [0.1, 0.15) is 18.1 Å². The zero-order valence-electron chi connectivity index (χ0n) is 14.4. The Morgan fingerprint density at radius 1 is 1.17 bits per heavy atom. The Kier molecular flexibility index (Phi) is 4.92. The second kappa shape index (κ2) is 7.11. The number of aromatic nitrogens is 1. The lowest BCUT2D eigenvalue weighted by Crippen LogP contribution is -2.43. The second-order valence-corrected chi connectivity index (χ2v) is 6.56. The molecule has 0 aliphatic carbocycles. The number of nitrogens with zero attached hydrogens (tertiary/aromatic N) is 3. The molecular weight excluding hydrogens is 298 g/mol. The van der Waals surface area contributed by atoms with E-state index in [1.54, 1.807) is 13.1 Å². The molecule has 1 aromatic heterocycles. The predicted molar refractivity (Wildman–Crippen MR) is 99.4 cm³/mol. The van der Waals surface area contributed by atoms with Crippen LogP contribution in [0.2, 0.25) is 0 Å². The lowest BCUT2D eigenvalue weighted by molar-refractivity contribution is 0.148. The number of hydrogen-bond acceptors (Lipinski definition) is 5. The van der Waals surface area contributed by atoms with Gasteiger partial charge in [0.05, 0.1) is 0 Å². The maximum Gasteiger partial charge on any atom is 0.132 e. The summed E-state index contributed by atoms with van der Waals surface area (Å²) in [7, 11) is 2.18. The summed E-state index contributed by atoms with van der Waals surface area (Å²) in [5.74, 6) is 0.417. The van der Waals surface area contributed by atoms with Gasteiger partial charge in [-0.3, -0.25) is 4.90 Å². The van der Waals surface area contributed by atoms with Gasteiger partial charge in [0.15, 0.2) is 0 Å². The number of nitrogen functional groups attached to an aromatic ring is 1. The summed E-state index contributed by atoms with van der Waals surface area (Å²) >= 11 is 0. The van der Waals surface area contributed by atoms with E-state index in [-0.39, 0.29) is 0 Å². The molecule has 1 fully saturated rings. The third kappa shape index (κ3) is 3.80. The van der Waals surface area contributed by atoms with Gasteiger partial charge in [0.2, 0.25) is 0 Å². The van der Waals surface area contributed by atoms with E-state index in [0.717, 1.165) is 43.9 Å². The molecule has 1 aliphatic heterocycles. The highest BCUT2D eigenvalue weighted by molar-refractivity contribution is 6.01. The molecule has 0 bridgehead atoms. The van der Waals surface area contributed by atoms with Crippen LogP contribution < -0.4 is 5.73 Å². The molecule has 0 unspecified atom stereocenters. The number of anilines is 1. The third-order valence-corrected chi connectivity index (χ3v) is 4.58. The van der Waals surface area contributed by atoms with Crippen molar-refractivity contribution in [3.05, 3.63) is 47.7 Å². The molecule has 24 heavy (non-hydrogen) atoms. The molecule has 5 nitrogen and oxygen atoms in total. The van der Waals surface area contributed by atoms with Gasteiger partial charge in [-0.2, -0.15) is 0 Å². The third-order valence-electron chi connectivity index (χ3n) is 4.58.